The number of rotatable bonds is 7. The van der Waals surface area contributed by atoms with E-state index in [1.165, 1.54) is 43.2 Å². The first-order valence-electron chi connectivity index (χ1n) is 9.83. The van der Waals surface area contributed by atoms with Gasteiger partial charge in [0, 0.05) is 24.6 Å². The highest BCUT2D eigenvalue weighted by Crippen LogP contribution is 2.22. The minimum absolute atomic E-state index is 0.683. The van der Waals surface area contributed by atoms with Crippen LogP contribution in [0.3, 0.4) is 0 Å². The van der Waals surface area contributed by atoms with Crippen molar-refractivity contribution in [1.82, 2.24) is 9.97 Å². The van der Waals surface area contributed by atoms with E-state index in [0.717, 1.165) is 12.5 Å². The smallest absolute Gasteiger partial charge is 0.206 e. The SMILES string of the molecule is C1=C[C@@H](CCCC[n+]2ccc(-c3cc[n+](-c4ncccn4)cc3)cc2)CC1. The largest absolute Gasteiger partial charge is 0.437 e. The summed E-state index contributed by atoms with van der Waals surface area (Å²) < 4.78 is 4.21. The van der Waals surface area contributed by atoms with Crippen LogP contribution in [-0.2, 0) is 6.54 Å². The molecule has 0 saturated carbocycles. The van der Waals surface area contributed by atoms with Crippen molar-refractivity contribution in [2.45, 2.75) is 38.6 Å². The van der Waals surface area contributed by atoms with Crippen LogP contribution in [0.15, 0.2) is 79.7 Å². The van der Waals surface area contributed by atoms with Gasteiger partial charge in [-0.3, -0.25) is 0 Å². The summed E-state index contributed by atoms with van der Waals surface area (Å²) in [5, 5.41) is 0. The minimum atomic E-state index is 0.683. The lowest BCUT2D eigenvalue weighted by Gasteiger charge is -2.05. The summed E-state index contributed by atoms with van der Waals surface area (Å²) in [6.07, 6.45) is 23.1. The Balaban J connectivity index is 1.32. The van der Waals surface area contributed by atoms with E-state index in [1.807, 2.05) is 23.0 Å². The third kappa shape index (κ3) is 4.64. The van der Waals surface area contributed by atoms with Crippen molar-refractivity contribution in [1.29, 1.82) is 0 Å². The second-order valence-corrected chi connectivity index (χ2v) is 7.13. The van der Waals surface area contributed by atoms with E-state index >= 15 is 0 Å². The molecule has 4 rings (SSSR count). The maximum atomic E-state index is 4.27. The summed E-state index contributed by atoms with van der Waals surface area (Å²) in [6, 6.07) is 10.4. The Morgan fingerprint density at radius 1 is 0.889 bits per heavy atom. The Morgan fingerprint density at radius 2 is 1.59 bits per heavy atom. The van der Waals surface area contributed by atoms with Crippen LogP contribution in [0, 0.1) is 5.92 Å². The average Bonchev–Trinajstić information content (AvgIpc) is 3.26. The first-order valence-corrected chi connectivity index (χ1v) is 9.83. The van der Waals surface area contributed by atoms with Crippen molar-refractivity contribution < 1.29 is 9.13 Å². The number of hydrogen-bond acceptors (Lipinski definition) is 2. The number of nitrogens with zero attached hydrogens (tertiary/aromatic N) is 4. The molecular formula is C23H26N4+2. The van der Waals surface area contributed by atoms with Gasteiger partial charge in [-0.2, -0.15) is 0 Å². The molecule has 0 fully saturated rings. The van der Waals surface area contributed by atoms with Crippen LogP contribution in [-0.4, -0.2) is 9.97 Å². The lowest BCUT2D eigenvalue weighted by Crippen LogP contribution is -2.32. The highest BCUT2D eigenvalue weighted by molar-refractivity contribution is 5.61. The molecule has 4 nitrogen and oxygen atoms in total. The molecule has 0 radical (unpaired) electrons. The van der Waals surface area contributed by atoms with E-state index in [2.05, 4.69) is 63.3 Å². The van der Waals surface area contributed by atoms with Gasteiger partial charge in [-0.15, -0.1) is 0 Å². The first-order chi connectivity index (χ1) is 13.4. The van der Waals surface area contributed by atoms with Crippen LogP contribution in [0.4, 0.5) is 0 Å². The predicted molar refractivity (Wildman–Crippen MR) is 105 cm³/mol. The van der Waals surface area contributed by atoms with Gasteiger partial charge in [0.25, 0.3) is 0 Å². The van der Waals surface area contributed by atoms with Crippen molar-refractivity contribution in [2.75, 3.05) is 0 Å². The summed E-state index contributed by atoms with van der Waals surface area (Å²) in [5.41, 5.74) is 2.42. The fourth-order valence-corrected chi connectivity index (χ4v) is 3.61. The number of pyridine rings is 2. The normalized spacial score (nSPS) is 15.9. The third-order valence-corrected chi connectivity index (χ3v) is 5.19. The minimum Gasteiger partial charge on any atom is -0.206 e. The molecule has 4 heteroatoms. The molecule has 136 valence electrons. The molecule has 0 spiro atoms. The molecule has 3 aromatic rings. The Hall–Kier alpha value is -2.88. The van der Waals surface area contributed by atoms with Crippen LogP contribution < -0.4 is 9.13 Å². The zero-order chi connectivity index (χ0) is 18.3. The van der Waals surface area contributed by atoms with Gasteiger partial charge in [-0.1, -0.05) is 22.1 Å². The molecule has 27 heavy (non-hydrogen) atoms. The van der Waals surface area contributed by atoms with Gasteiger partial charge in [0.05, 0.1) is 12.4 Å². The number of aryl methyl sites for hydroxylation is 1. The van der Waals surface area contributed by atoms with Crippen molar-refractivity contribution in [2.24, 2.45) is 5.92 Å². The molecule has 1 aliphatic rings. The monoisotopic (exact) mass is 358 g/mol. The molecule has 0 amide bonds. The number of unbranched alkanes of at least 4 members (excludes halogenated alkanes) is 1. The van der Waals surface area contributed by atoms with Crippen LogP contribution in [0.25, 0.3) is 17.1 Å². The highest BCUT2D eigenvalue weighted by atomic mass is 15.1. The second kappa shape index (κ2) is 8.67. The summed E-state index contributed by atoms with van der Waals surface area (Å²) >= 11 is 0. The summed E-state index contributed by atoms with van der Waals surface area (Å²) in [7, 11) is 0. The molecule has 0 bridgehead atoms. The van der Waals surface area contributed by atoms with Gasteiger partial charge in [0.1, 0.15) is 18.9 Å². The van der Waals surface area contributed by atoms with Gasteiger partial charge in [-0.25, -0.2) is 9.13 Å². The topological polar surface area (TPSA) is 33.5 Å². The molecule has 1 atom stereocenters. The van der Waals surface area contributed by atoms with E-state index in [1.54, 1.807) is 12.4 Å². The van der Waals surface area contributed by atoms with Crippen LogP contribution in [0.1, 0.15) is 32.1 Å². The summed E-state index contributed by atoms with van der Waals surface area (Å²) in [6.45, 7) is 1.09. The molecule has 1 aliphatic carbocycles. The standard InChI is InChI=1S/C23H26N4/c1-2-7-20(6-1)8-3-4-15-26-16-9-21(10-17-26)22-11-18-27(19-12-22)23-24-13-5-14-25-23/h1,5-6,9-14,16-20H,2-4,7-8,15H2/q+2/t20-/m1/s1. The molecule has 0 saturated heterocycles. The van der Waals surface area contributed by atoms with Crippen LogP contribution >= 0.6 is 0 Å². The quantitative estimate of drug-likeness (QED) is 0.365. The van der Waals surface area contributed by atoms with E-state index in [-0.39, 0.29) is 0 Å². The second-order valence-electron chi connectivity index (χ2n) is 7.13. The first kappa shape index (κ1) is 17.5. The van der Waals surface area contributed by atoms with Gasteiger partial charge in [0.2, 0.25) is 0 Å². The number of hydrogen-bond donors (Lipinski definition) is 0. The van der Waals surface area contributed by atoms with Gasteiger partial charge < -0.3 is 0 Å². The zero-order valence-corrected chi connectivity index (χ0v) is 15.6. The maximum absolute atomic E-state index is 4.27. The summed E-state index contributed by atoms with van der Waals surface area (Å²) in [5.74, 6) is 1.52. The average molecular weight is 358 g/mol. The number of allylic oxidation sites excluding steroid dienone is 2. The Kier molecular flexibility index (Phi) is 5.63. The van der Waals surface area contributed by atoms with E-state index < -0.39 is 0 Å². The lowest BCUT2D eigenvalue weighted by atomic mass is 10.0. The predicted octanol–water partition coefficient (Wildman–Crippen LogP) is 3.84. The highest BCUT2D eigenvalue weighted by Gasteiger charge is 2.10. The van der Waals surface area contributed by atoms with Crippen molar-refractivity contribution >= 4 is 0 Å². The maximum Gasteiger partial charge on any atom is 0.437 e. The Bertz CT molecular complexity index is 871. The van der Waals surface area contributed by atoms with E-state index in [4.69, 9.17) is 0 Å². The van der Waals surface area contributed by atoms with Crippen LogP contribution in [0.2, 0.25) is 0 Å². The fraction of sp³-hybridized carbons (Fsp3) is 0.304. The third-order valence-electron chi connectivity index (χ3n) is 5.19. The number of aromatic nitrogens is 4. The van der Waals surface area contributed by atoms with Crippen molar-refractivity contribution in [3.05, 3.63) is 79.7 Å². The van der Waals surface area contributed by atoms with Crippen molar-refractivity contribution in [3.63, 3.8) is 0 Å². The van der Waals surface area contributed by atoms with Crippen LogP contribution in [0.5, 0.6) is 0 Å². The molecule has 3 heterocycles. The molecule has 0 unspecified atom stereocenters. The van der Waals surface area contributed by atoms with Crippen molar-refractivity contribution in [3.8, 4) is 17.1 Å². The van der Waals surface area contributed by atoms with Gasteiger partial charge in [-0.05, 0) is 54.9 Å². The molecule has 0 aliphatic heterocycles. The van der Waals surface area contributed by atoms with Gasteiger partial charge in [0.15, 0.2) is 12.4 Å². The lowest BCUT2D eigenvalue weighted by molar-refractivity contribution is -0.697. The van der Waals surface area contributed by atoms with E-state index in [9.17, 15) is 0 Å². The van der Waals surface area contributed by atoms with E-state index in [0.29, 0.717) is 5.95 Å². The molecule has 0 N–H and O–H groups in total. The zero-order valence-electron chi connectivity index (χ0n) is 15.6. The molecule has 3 aromatic heterocycles. The Morgan fingerprint density at radius 3 is 2.26 bits per heavy atom. The molecule has 0 aromatic carbocycles. The summed E-state index contributed by atoms with van der Waals surface area (Å²) in [4.78, 5) is 8.54. The molecular weight excluding hydrogens is 332 g/mol. The Labute approximate surface area is 160 Å². The fourth-order valence-electron chi connectivity index (χ4n) is 3.61. The van der Waals surface area contributed by atoms with Gasteiger partial charge >= 0.3 is 5.95 Å².